The maximum absolute atomic E-state index is 13.5. The minimum Gasteiger partial charge on any atom is -0.383 e. The van der Waals surface area contributed by atoms with Gasteiger partial charge in [-0.05, 0) is 19.4 Å². The first-order valence-electron chi connectivity index (χ1n) is 5.03. The normalized spacial score (nSPS) is 39.1. The number of alkyl halides is 1. The number of aliphatic hydroxyl groups excluding tert-OH is 1. The SMILES string of the molecule is O=C1[C@H](O)CCN1[C@H]1CCNC[C@H]1F. The van der Waals surface area contributed by atoms with Gasteiger partial charge in [-0.15, -0.1) is 0 Å². The number of aliphatic hydroxyl groups is 1. The summed E-state index contributed by atoms with van der Waals surface area (Å²) in [6.07, 6.45) is -0.829. The Morgan fingerprint density at radius 1 is 1.50 bits per heavy atom. The Kier molecular flexibility index (Phi) is 2.69. The molecule has 0 aromatic heterocycles. The first-order chi connectivity index (χ1) is 6.70. The van der Waals surface area contributed by atoms with Gasteiger partial charge in [0.1, 0.15) is 12.3 Å². The Morgan fingerprint density at radius 3 is 2.86 bits per heavy atom. The predicted octanol–water partition coefficient (Wildman–Crippen LogP) is -0.720. The lowest BCUT2D eigenvalue weighted by atomic mass is 10.0. The zero-order valence-electron chi connectivity index (χ0n) is 7.95. The van der Waals surface area contributed by atoms with Crippen molar-refractivity contribution in [2.75, 3.05) is 19.6 Å². The molecule has 2 heterocycles. The summed E-state index contributed by atoms with van der Waals surface area (Å²) in [4.78, 5) is 12.9. The number of nitrogens with one attached hydrogen (secondary N) is 1. The summed E-state index contributed by atoms with van der Waals surface area (Å²) in [5.74, 6) is -0.306. The summed E-state index contributed by atoms with van der Waals surface area (Å²) < 4.78 is 13.5. The van der Waals surface area contributed by atoms with Crippen LogP contribution in [-0.2, 0) is 4.79 Å². The number of hydrogen-bond donors (Lipinski definition) is 2. The summed E-state index contributed by atoms with van der Waals surface area (Å²) in [6.45, 7) is 1.54. The third kappa shape index (κ3) is 1.62. The molecule has 2 fully saturated rings. The maximum atomic E-state index is 13.5. The van der Waals surface area contributed by atoms with E-state index in [2.05, 4.69) is 5.32 Å². The Labute approximate surface area is 82.1 Å². The van der Waals surface area contributed by atoms with Crippen LogP contribution in [0.2, 0.25) is 0 Å². The van der Waals surface area contributed by atoms with Gasteiger partial charge in [0, 0.05) is 13.1 Å². The third-order valence-corrected chi connectivity index (χ3v) is 2.99. The number of halogens is 1. The zero-order chi connectivity index (χ0) is 10.1. The zero-order valence-corrected chi connectivity index (χ0v) is 7.95. The van der Waals surface area contributed by atoms with Gasteiger partial charge in [-0.25, -0.2) is 4.39 Å². The van der Waals surface area contributed by atoms with E-state index in [0.717, 1.165) is 6.54 Å². The molecular formula is C9H15FN2O2. The molecule has 0 saturated carbocycles. The molecule has 0 aromatic rings. The molecule has 0 spiro atoms. The quantitative estimate of drug-likeness (QED) is 0.590. The van der Waals surface area contributed by atoms with E-state index in [1.807, 2.05) is 0 Å². The molecule has 2 rings (SSSR count). The molecule has 3 atom stereocenters. The minimum atomic E-state index is -1.00. The molecule has 80 valence electrons. The van der Waals surface area contributed by atoms with E-state index in [0.29, 0.717) is 25.9 Å². The minimum absolute atomic E-state index is 0.306. The number of amides is 1. The second-order valence-electron chi connectivity index (χ2n) is 3.91. The first kappa shape index (κ1) is 9.86. The number of nitrogens with zero attached hydrogens (tertiary/aromatic N) is 1. The Bertz CT molecular complexity index is 237. The molecular weight excluding hydrogens is 187 g/mol. The van der Waals surface area contributed by atoms with Crippen molar-refractivity contribution in [3.05, 3.63) is 0 Å². The lowest BCUT2D eigenvalue weighted by Gasteiger charge is -2.34. The first-order valence-corrected chi connectivity index (χ1v) is 5.03. The van der Waals surface area contributed by atoms with Crippen LogP contribution in [-0.4, -0.2) is 53.9 Å². The number of likely N-dealkylation sites (tertiary alicyclic amines) is 1. The lowest BCUT2D eigenvalue weighted by molar-refractivity contribution is -0.138. The average molecular weight is 202 g/mol. The molecule has 0 aromatic carbocycles. The highest BCUT2D eigenvalue weighted by Crippen LogP contribution is 2.21. The van der Waals surface area contributed by atoms with Gasteiger partial charge >= 0.3 is 0 Å². The van der Waals surface area contributed by atoms with Crippen molar-refractivity contribution < 1.29 is 14.3 Å². The van der Waals surface area contributed by atoms with Gasteiger partial charge in [0.15, 0.2) is 0 Å². The highest BCUT2D eigenvalue weighted by atomic mass is 19.1. The van der Waals surface area contributed by atoms with Gasteiger partial charge in [-0.2, -0.15) is 0 Å². The van der Waals surface area contributed by atoms with Crippen LogP contribution in [0.4, 0.5) is 4.39 Å². The predicted molar refractivity (Wildman–Crippen MR) is 48.5 cm³/mol. The number of carbonyl (C=O) groups is 1. The fraction of sp³-hybridized carbons (Fsp3) is 0.889. The van der Waals surface area contributed by atoms with Crippen molar-refractivity contribution in [1.29, 1.82) is 0 Å². The van der Waals surface area contributed by atoms with Crippen LogP contribution >= 0.6 is 0 Å². The molecule has 0 aliphatic carbocycles. The van der Waals surface area contributed by atoms with Crippen LogP contribution in [0, 0.1) is 0 Å². The second-order valence-corrected chi connectivity index (χ2v) is 3.91. The number of hydrogen-bond acceptors (Lipinski definition) is 3. The average Bonchev–Trinajstić information content (AvgIpc) is 2.49. The second kappa shape index (κ2) is 3.82. The molecule has 2 saturated heterocycles. The molecule has 2 N–H and O–H groups in total. The summed E-state index contributed by atoms with van der Waals surface area (Å²) in [5.41, 5.74) is 0. The van der Waals surface area contributed by atoms with Gasteiger partial charge in [0.2, 0.25) is 0 Å². The highest BCUT2D eigenvalue weighted by Gasteiger charge is 2.39. The largest absolute Gasteiger partial charge is 0.383 e. The summed E-state index contributed by atoms with van der Waals surface area (Å²) in [5, 5.41) is 12.2. The van der Waals surface area contributed by atoms with Crippen molar-refractivity contribution >= 4 is 5.91 Å². The Morgan fingerprint density at radius 2 is 2.29 bits per heavy atom. The Hall–Kier alpha value is -0.680. The molecule has 0 bridgehead atoms. The highest BCUT2D eigenvalue weighted by molar-refractivity contribution is 5.83. The summed E-state index contributed by atoms with van der Waals surface area (Å²) in [7, 11) is 0. The van der Waals surface area contributed by atoms with Crippen molar-refractivity contribution in [1.82, 2.24) is 10.2 Å². The smallest absolute Gasteiger partial charge is 0.251 e. The fourth-order valence-corrected chi connectivity index (χ4v) is 2.17. The molecule has 4 nitrogen and oxygen atoms in total. The van der Waals surface area contributed by atoms with Crippen LogP contribution < -0.4 is 5.32 Å². The Balaban J connectivity index is 2.03. The number of carbonyl (C=O) groups excluding carboxylic acids is 1. The van der Waals surface area contributed by atoms with Crippen LogP contribution in [0.25, 0.3) is 0 Å². The molecule has 14 heavy (non-hydrogen) atoms. The van der Waals surface area contributed by atoms with E-state index < -0.39 is 12.3 Å². The van der Waals surface area contributed by atoms with Crippen LogP contribution in [0.15, 0.2) is 0 Å². The lowest BCUT2D eigenvalue weighted by Crippen LogP contribution is -2.52. The van der Waals surface area contributed by atoms with Crippen LogP contribution in [0.1, 0.15) is 12.8 Å². The topological polar surface area (TPSA) is 52.6 Å². The third-order valence-electron chi connectivity index (χ3n) is 2.99. The van der Waals surface area contributed by atoms with E-state index in [1.165, 1.54) is 4.90 Å². The van der Waals surface area contributed by atoms with E-state index in [4.69, 9.17) is 0 Å². The van der Waals surface area contributed by atoms with Crippen LogP contribution in [0.3, 0.4) is 0 Å². The van der Waals surface area contributed by atoms with E-state index in [-0.39, 0.29) is 11.9 Å². The molecule has 2 aliphatic rings. The van der Waals surface area contributed by atoms with Gasteiger partial charge < -0.3 is 15.3 Å². The van der Waals surface area contributed by atoms with Gasteiger partial charge in [-0.3, -0.25) is 4.79 Å². The molecule has 2 aliphatic heterocycles. The van der Waals surface area contributed by atoms with E-state index in [1.54, 1.807) is 0 Å². The monoisotopic (exact) mass is 202 g/mol. The standard InChI is InChI=1S/C9H15FN2O2/c10-6-5-11-3-1-7(6)12-4-2-8(13)9(12)14/h6-8,11,13H,1-5H2/t6-,7+,8-/m1/s1. The van der Waals surface area contributed by atoms with Gasteiger partial charge in [-0.1, -0.05) is 0 Å². The van der Waals surface area contributed by atoms with Gasteiger partial charge in [0.05, 0.1) is 6.04 Å². The van der Waals surface area contributed by atoms with Crippen molar-refractivity contribution in [2.24, 2.45) is 0 Å². The van der Waals surface area contributed by atoms with Crippen LogP contribution in [0.5, 0.6) is 0 Å². The van der Waals surface area contributed by atoms with Gasteiger partial charge in [0.25, 0.3) is 5.91 Å². The summed E-state index contributed by atoms with van der Waals surface area (Å²) in [6, 6.07) is -0.332. The molecule has 0 unspecified atom stereocenters. The van der Waals surface area contributed by atoms with Crippen molar-refractivity contribution in [3.63, 3.8) is 0 Å². The molecule has 0 radical (unpaired) electrons. The molecule has 5 heteroatoms. The van der Waals surface area contributed by atoms with E-state index >= 15 is 0 Å². The molecule has 1 amide bonds. The summed E-state index contributed by atoms with van der Waals surface area (Å²) >= 11 is 0. The number of rotatable bonds is 1. The van der Waals surface area contributed by atoms with Crippen molar-refractivity contribution in [3.8, 4) is 0 Å². The number of piperidine rings is 1. The van der Waals surface area contributed by atoms with Crippen molar-refractivity contribution in [2.45, 2.75) is 31.2 Å². The van der Waals surface area contributed by atoms with E-state index in [9.17, 15) is 14.3 Å². The fourth-order valence-electron chi connectivity index (χ4n) is 2.17. The maximum Gasteiger partial charge on any atom is 0.251 e.